The summed E-state index contributed by atoms with van der Waals surface area (Å²) >= 11 is 3.51. The predicted octanol–water partition coefficient (Wildman–Crippen LogP) is 3.38. The van der Waals surface area contributed by atoms with Crippen molar-refractivity contribution in [2.75, 3.05) is 31.1 Å². The normalized spacial score (nSPS) is 19.6. The number of anilines is 1. The van der Waals surface area contributed by atoms with E-state index in [2.05, 4.69) is 21.2 Å². The summed E-state index contributed by atoms with van der Waals surface area (Å²) in [7, 11) is 0. The molecular formula is C23H22BrFN4O2. The fraction of sp³-hybridized carbons (Fsp3) is 0.348. The van der Waals surface area contributed by atoms with Crippen molar-refractivity contribution in [3.05, 3.63) is 63.9 Å². The minimum Gasteiger partial charge on any atom is -0.370 e. The third-order valence-corrected chi connectivity index (χ3v) is 6.68. The summed E-state index contributed by atoms with van der Waals surface area (Å²) in [6, 6.07) is 13.1. The number of piperazine rings is 1. The molecule has 31 heavy (non-hydrogen) atoms. The van der Waals surface area contributed by atoms with Gasteiger partial charge in [0, 0.05) is 36.6 Å². The molecule has 2 aromatic rings. The van der Waals surface area contributed by atoms with Crippen LogP contribution >= 0.6 is 15.9 Å². The molecule has 0 radical (unpaired) electrons. The van der Waals surface area contributed by atoms with Gasteiger partial charge in [-0.15, -0.1) is 0 Å². The van der Waals surface area contributed by atoms with Crippen molar-refractivity contribution >= 4 is 33.4 Å². The largest absolute Gasteiger partial charge is 0.370 e. The van der Waals surface area contributed by atoms with Gasteiger partial charge in [0.15, 0.2) is 0 Å². The lowest BCUT2D eigenvalue weighted by molar-refractivity contribution is -0.147. The Morgan fingerprint density at radius 2 is 1.90 bits per heavy atom. The van der Waals surface area contributed by atoms with Crippen LogP contribution in [0.4, 0.5) is 10.1 Å². The molecule has 2 aliphatic heterocycles. The summed E-state index contributed by atoms with van der Waals surface area (Å²) in [4.78, 5) is 29.8. The Morgan fingerprint density at radius 3 is 2.61 bits per heavy atom. The van der Waals surface area contributed by atoms with Gasteiger partial charge in [0.25, 0.3) is 0 Å². The summed E-state index contributed by atoms with van der Waals surface area (Å²) in [5.74, 6) is -0.825. The van der Waals surface area contributed by atoms with E-state index in [1.165, 1.54) is 12.1 Å². The minimum atomic E-state index is -0.655. The van der Waals surface area contributed by atoms with E-state index < -0.39 is 11.9 Å². The number of benzene rings is 2. The predicted molar refractivity (Wildman–Crippen MR) is 118 cm³/mol. The molecule has 4 rings (SSSR count). The van der Waals surface area contributed by atoms with E-state index in [0.717, 1.165) is 10.0 Å². The molecule has 8 heteroatoms. The Bertz CT molecular complexity index is 1050. The Morgan fingerprint density at radius 1 is 1.16 bits per heavy atom. The molecule has 1 unspecified atom stereocenters. The van der Waals surface area contributed by atoms with Crippen LogP contribution in [-0.4, -0.2) is 42.9 Å². The molecule has 2 heterocycles. The van der Waals surface area contributed by atoms with Crippen LogP contribution in [0.3, 0.4) is 0 Å². The lowest BCUT2D eigenvalue weighted by atomic mass is 9.92. The highest BCUT2D eigenvalue weighted by Crippen LogP contribution is 2.33. The molecule has 1 atom stereocenters. The molecule has 2 amide bonds. The monoisotopic (exact) mass is 484 g/mol. The molecule has 0 bridgehead atoms. The van der Waals surface area contributed by atoms with Crippen molar-refractivity contribution in [2.24, 2.45) is 5.92 Å². The van der Waals surface area contributed by atoms with Crippen molar-refractivity contribution in [1.82, 2.24) is 10.2 Å². The van der Waals surface area contributed by atoms with Gasteiger partial charge in [-0.05, 0) is 42.7 Å². The smallest absolute Gasteiger partial charge is 0.247 e. The van der Waals surface area contributed by atoms with E-state index >= 15 is 0 Å². The quantitative estimate of drug-likeness (QED) is 0.724. The van der Waals surface area contributed by atoms with Crippen LogP contribution in [0.15, 0.2) is 46.9 Å². The molecule has 0 aromatic heterocycles. The number of nitrogens with one attached hydrogen (secondary N) is 1. The van der Waals surface area contributed by atoms with Gasteiger partial charge in [-0.25, -0.2) is 4.39 Å². The lowest BCUT2D eigenvalue weighted by Crippen LogP contribution is -2.54. The fourth-order valence-electron chi connectivity index (χ4n) is 4.39. The number of amides is 2. The molecule has 2 aromatic carbocycles. The molecule has 160 valence electrons. The molecule has 2 fully saturated rings. The first-order valence-electron chi connectivity index (χ1n) is 10.3. The number of carbonyl (C=O) groups excluding carboxylic acids is 2. The Hall–Kier alpha value is -2.92. The van der Waals surface area contributed by atoms with E-state index in [0.29, 0.717) is 50.3 Å². The van der Waals surface area contributed by atoms with Crippen molar-refractivity contribution in [2.45, 2.75) is 18.9 Å². The maximum Gasteiger partial charge on any atom is 0.247 e. The Kier molecular flexibility index (Phi) is 6.23. The highest BCUT2D eigenvalue weighted by atomic mass is 79.9. The molecule has 0 aliphatic carbocycles. The lowest BCUT2D eigenvalue weighted by Gasteiger charge is -2.40. The highest BCUT2D eigenvalue weighted by Gasteiger charge is 2.39. The van der Waals surface area contributed by atoms with Gasteiger partial charge < -0.3 is 15.1 Å². The topological polar surface area (TPSA) is 76.4 Å². The number of nitrogens with zero attached hydrogens (tertiary/aromatic N) is 3. The number of halogens is 2. The van der Waals surface area contributed by atoms with Crippen molar-refractivity contribution < 1.29 is 14.0 Å². The zero-order valence-electron chi connectivity index (χ0n) is 16.9. The average Bonchev–Trinajstić information content (AvgIpc) is 2.79. The maximum atomic E-state index is 13.5. The van der Waals surface area contributed by atoms with E-state index in [-0.39, 0.29) is 17.7 Å². The SMILES string of the molecule is N#Cc1cc(F)ccc1N1CCC(C(=O)N2CCNC(=O)C2c2ccccc2Br)CC1. The third kappa shape index (κ3) is 4.28. The molecule has 1 N–H and O–H groups in total. The van der Waals surface area contributed by atoms with E-state index in [4.69, 9.17) is 0 Å². The van der Waals surface area contributed by atoms with Crippen molar-refractivity contribution in [3.63, 3.8) is 0 Å². The molecular weight excluding hydrogens is 463 g/mol. The van der Waals surface area contributed by atoms with Crippen LogP contribution < -0.4 is 10.2 Å². The van der Waals surface area contributed by atoms with Crippen LogP contribution in [0.1, 0.15) is 30.0 Å². The second kappa shape index (κ2) is 9.06. The number of carbonyl (C=O) groups is 2. The van der Waals surface area contributed by atoms with E-state index in [1.54, 1.807) is 11.0 Å². The summed E-state index contributed by atoms with van der Waals surface area (Å²) in [6.07, 6.45) is 1.23. The van der Waals surface area contributed by atoms with Gasteiger partial charge in [0.1, 0.15) is 17.9 Å². The second-order valence-corrected chi connectivity index (χ2v) is 8.64. The molecule has 2 aliphatic rings. The van der Waals surface area contributed by atoms with Gasteiger partial charge >= 0.3 is 0 Å². The minimum absolute atomic E-state index is 0.0186. The average molecular weight is 485 g/mol. The molecule has 2 saturated heterocycles. The Labute approximate surface area is 188 Å². The first-order valence-corrected chi connectivity index (χ1v) is 11.1. The van der Waals surface area contributed by atoms with E-state index in [9.17, 15) is 19.2 Å². The van der Waals surface area contributed by atoms with Crippen LogP contribution in [0, 0.1) is 23.1 Å². The van der Waals surface area contributed by atoms with Crippen LogP contribution in [0.2, 0.25) is 0 Å². The first kappa shape index (κ1) is 21.3. The first-order chi connectivity index (χ1) is 15.0. The van der Waals surface area contributed by atoms with E-state index in [1.807, 2.05) is 35.2 Å². The summed E-state index contributed by atoms with van der Waals surface area (Å²) in [5.41, 5.74) is 1.76. The maximum absolute atomic E-state index is 13.5. The summed E-state index contributed by atoms with van der Waals surface area (Å²) < 4.78 is 14.3. The van der Waals surface area contributed by atoms with Crippen molar-refractivity contribution in [3.8, 4) is 6.07 Å². The Balaban J connectivity index is 1.49. The highest BCUT2D eigenvalue weighted by molar-refractivity contribution is 9.10. The molecule has 0 saturated carbocycles. The number of hydrogen-bond acceptors (Lipinski definition) is 4. The zero-order valence-corrected chi connectivity index (χ0v) is 18.4. The van der Waals surface area contributed by atoms with Gasteiger partial charge in [0.2, 0.25) is 11.8 Å². The fourth-order valence-corrected chi connectivity index (χ4v) is 4.89. The van der Waals surface area contributed by atoms with Gasteiger partial charge in [-0.3, -0.25) is 9.59 Å². The zero-order chi connectivity index (χ0) is 22.0. The third-order valence-electron chi connectivity index (χ3n) is 5.96. The molecule has 0 spiro atoms. The van der Waals surface area contributed by atoms with Crippen LogP contribution in [0.5, 0.6) is 0 Å². The van der Waals surface area contributed by atoms with Crippen molar-refractivity contribution in [1.29, 1.82) is 5.26 Å². The number of piperidine rings is 1. The van der Waals surface area contributed by atoms with Gasteiger partial charge in [0.05, 0.1) is 11.3 Å². The standard InChI is InChI=1S/C23H22BrFN4O2/c24-19-4-2-1-3-18(19)21-22(30)27-9-12-29(21)23(31)15-7-10-28(11-8-15)20-6-5-17(25)13-16(20)14-26/h1-6,13,15,21H,7-12H2,(H,27,30). The summed E-state index contributed by atoms with van der Waals surface area (Å²) in [5, 5.41) is 12.2. The van der Waals surface area contributed by atoms with Crippen LogP contribution in [0.25, 0.3) is 0 Å². The second-order valence-electron chi connectivity index (χ2n) is 7.78. The summed E-state index contributed by atoms with van der Waals surface area (Å²) in [6.45, 7) is 2.09. The van der Waals surface area contributed by atoms with Gasteiger partial charge in [-0.1, -0.05) is 34.1 Å². The molecule has 6 nitrogen and oxygen atoms in total. The van der Waals surface area contributed by atoms with Crippen LogP contribution in [-0.2, 0) is 9.59 Å². The number of rotatable bonds is 3. The van der Waals surface area contributed by atoms with Gasteiger partial charge in [-0.2, -0.15) is 5.26 Å². The number of nitriles is 1. The number of hydrogen-bond donors (Lipinski definition) is 1.